The van der Waals surface area contributed by atoms with Crippen LogP contribution in [0.25, 0.3) is 11.0 Å². The van der Waals surface area contributed by atoms with Crippen molar-refractivity contribution >= 4 is 28.7 Å². The molecule has 0 N–H and O–H groups in total. The molecule has 0 aliphatic carbocycles. The van der Waals surface area contributed by atoms with Gasteiger partial charge in [-0.1, -0.05) is 43.0 Å². The summed E-state index contributed by atoms with van der Waals surface area (Å²) in [5.74, 6) is 1.02. The van der Waals surface area contributed by atoms with Gasteiger partial charge in [0.1, 0.15) is 6.54 Å². The van der Waals surface area contributed by atoms with Crippen molar-refractivity contribution in [2.75, 3.05) is 6.54 Å². The molecule has 1 saturated heterocycles. The van der Waals surface area contributed by atoms with Crippen molar-refractivity contribution in [1.29, 1.82) is 0 Å². The number of nitrogens with zero attached hydrogens (tertiary/aromatic N) is 4. The lowest BCUT2D eigenvalue weighted by molar-refractivity contribution is -0.135. The molecule has 5 nitrogen and oxygen atoms in total. The first-order valence-electron chi connectivity index (χ1n) is 10.4. The highest BCUT2D eigenvalue weighted by molar-refractivity contribution is 7.98. The molecule has 6 heteroatoms. The molecule has 0 spiro atoms. The Bertz CT molecular complexity index is 999. The summed E-state index contributed by atoms with van der Waals surface area (Å²) < 4.78 is 2.05. The van der Waals surface area contributed by atoms with Crippen LogP contribution in [0.3, 0.4) is 0 Å². The van der Waals surface area contributed by atoms with E-state index >= 15 is 0 Å². The Morgan fingerprint density at radius 1 is 1.24 bits per heavy atom. The number of amides is 1. The monoisotopic (exact) mass is 408 g/mol. The number of hydrogen-bond donors (Lipinski definition) is 0. The molecule has 0 radical (unpaired) electrons. The molecule has 0 saturated carbocycles. The molecule has 1 fully saturated rings. The van der Waals surface area contributed by atoms with E-state index in [4.69, 9.17) is 4.98 Å². The summed E-state index contributed by atoms with van der Waals surface area (Å²) in [6.45, 7) is 5.51. The quantitative estimate of drug-likeness (QED) is 0.549. The second-order valence-electron chi connectivity index (χ2n) is 7.71. The van der Waals surface area contributed by atoms with Crippen molar-refractivity contribution in [2.45, 2.75) is 63.0 Å². The number of thioether (sulfide) groups is 1. The number of hydrogen-bond acceptors (Lipinski definition) is 4. The van der Waals surface area contributed by atoms with Crippen LogP contribution in [0, 0.1) is 6.92 Å². The number of piperidine rings is 1. The minimum Gasteiger partial charge on any atom is -0.338 e. The number of fused-ring (bicyclic) bond motifs is 1. The van der Waals surface area contributed by atoms with Crippen LogP contribution >= 0.6 is 11.8 Å². The first-order valence-corrected chi connectivity index (χ1v) is 11.4. The smallest absolute Gasteiger partial charge is 0.242 e. The van der Waals surface area contributed by atoms with Gasteiger partial charge in [0, 0.05) is 24.5 Å². The van der Waals surface area contributed by atoms with Gasteiger partial charge in [0.25, 0.3) is 0 Å². The van der Waals surface area contributed by atoms with Gasteiger partial charge in [-0.05, 0) is 49.8 Å². The summed E-state index contributed by atoms with van der Waals surface area (Å²) in [4.78, 5) is 24.4. The minimum absolute atomic E-state index is 0.192. The number of imidazole rings is 1. The summed E-state index contributed by atoms with van der Waals surface area (Å²) in [6, 6.07) is 10.7. The zero-order chi connectivity index (χ0) is 20.2. The van der Waals surface area contributed by atoms with Gasteiger partial charge in [0.15, 0.2) is 5.16 Å². The summed E-state index contributed by atoms with van der Waals surface area (Å²) >= 11 is 1.69. The number of aromatic nitrogens is 3. The molecule has 1 amide bonds. The van der Waals surface area contributed by atoms with Gasteiger partial charge < -0.3 is 9.47 Å². The van der Waals surface area contributed by atoms with Crippen molar-refractivity contribution in [3.05, 3.63) is 53.9 Å². The maximum Gasteiger partial charge on any atom is 0.242 e. The van der Waals surface area contributed by atoms with Crippen LogP contribution in [0.5, 0.6) is 0 Å². The third-order valence-corrected chi connectivity index (χ3v) is 6.87. The molecule has 0 bridgehead atoms. The number of carbonyl (C=O) groups is 1. The first-order chi connectivity index (χ1) is 14.2. The van der Waals surface area contributed by atoms with Crippen LogP contribution in [0.2, 0.25) is 0 Å². The van der Waals surface area contributed by atoms with Gasteiger partial charge >= 0.3 is 0 Å². The fourth-order valence-electron chi connectivity index (χ4n) is 4.10. The summed E-state index contributed by atoms with van der Waals surface area (Å²) in [6.07, 6.45) is 8.04. The maximum atomic E-state index is 13.2. The molecular formula is C23H28N4OS. The lowest BCUT2D eigenvalue weighted by Crippen LogP contribution is -2.44. The molecule has 2 aromatic heterocycles. The van der Waals surface area contributed by atoms with E-state index in [1.165, 1.54) is 17.5 Å². The van der Waals surface area contributed by atoms with Crippen LogP contribution < -0.4 is 0 Å². The van der Waals surface area contributed by atoms with E-state index < -0.39 is 0 Å². The second-order valence-corrected chi connectivity index (χ2v) is 8.65. The van der Waals surface area contributed by atoms with Crippen LogP contribution in [-0.4, -0.2) is 37.9 Å². The molecule has 1 aromatic carbocycles. The third kappa shape index (κ3) is 4.32. The fourth-order valence-corrected chi connectivity index (χ4v) is 5.19. The van der Waals surface area contributed by atoms with E-state index in [0.29, 0.717) is 12.6 Å². The normalized spacial score (nSPS) is 17.0. The molecule has 0 unspecified atom stereocenters. The Kier molecular flexibility index (Phi) is 6.19. The number of carbonyl (C=O) groups excluding carboxylic acids is 1. The average Bonchev–Trinajstić information content (AvgIpc) is 3.10. The highest BCUT2D eigenvalue weighted by Gasteiger charge is 2.26. The SMILES string of the molecule is CC[C@@H]1CCCCN1C(=O)Cn1c(SCc2ccccc2C)nc2ccncc21. The number of benzene rings is 1. The van der Waals surface area contributed by atoms with Gasteiger partial charge in [0.2, 0.25) is 5.91 Å². The van der Waals surface area contributed by atoms with E-state index in [2.05, 4.69) is 52.6 Å². The van der Waals surface area contributed by atoms with Crippen molar-refractivity contribution in [1.82, 2.24) is 19.4 Å². The molecule has 4 rings (SSSR count). The molecule has 1 aliphatic rings. The predicted octanol–water partition coefficient (Wildman–Crippen LogP) is 4.82. The Balaban J connectivity index is 1.59. The molecule has 3 aromatic rings. The zero-order valence-electron chi connectivity index (χ0n) is 17.2. The number of rotatable bonds is 6. The van der Waals surface area contributed by atoms with Crippen molar-refractivity contribution in [3.8, 4) is 0 Å². The maximum absolute atomic E-state index is 13.2. The van der Waals surface area contributed by atoms with Gasteiger partial charge in [0.05, 0.1) is 17.2 Å². The Morgan fingerprint density at radius 3 is 2.93 bits per heavy atom. The molecule has 1 aliphatic heterocycles. The van der Waals surface area contributed by atoms with Gasteiger partial charge in [-0.15, -0.1) is 0 Å². The van der Waals surface area contributed by atoms with E-state index in [1.807, 2.05) is 12.3 Å². The molecule has 1 atom stereocenters. The van der Waals surface area contributed by atoms with Crippen molar-refractivity contribution in [2.24, 2.45) is 0 Å². The van der Waals surface area contributed by atoms with Crippen molar-refractivity contribution < 1.29 is 4.79 Å². The van der Waals surface area contributed by atoms with E-state index in [1.54, 1.807) is 18.0 Å². The van der Waals surface area contributed by atoms with E-state index in [9.17, 15) is 4.79 Å². The summed E-state index contributed by atoms with van der Waals surface area (Å²) in [7, 11) is 0. The summed E-state index contributed by atoms with van der Waals surface area (Å²) in [5, 5.41) is 0.884. The molecule has 29 heavy (non-hydrogen) atoms. The second kappa shape index (κ2) is 8.99. The average molecular weight is 409 g/mol. The first kappa shape index (κ1) is 20.0. The van der Waals surface area contributed by atoms with Crippen LogP contribution in [0.1, 0.15) is 43.7 Å². The van der Waals surface area contributed by atoms with Gasteiger partial charge in [-0.3, -0.25) is 9.78 Å². The third-order valence-electron chi connectivity index (χ3n) is 5.85. The fraction of sp³-hybridized carbons (Fsp3) is 0.435. The summed E-state index contributed by atoms with van der Waals surface area (Å²) in [5.41, 5.74) is 4.39. The largest absolute Gasteiger partial charge is 0.338 e. The predicted molar refractivity (Wildman–Crippen MR) is 118 cm³/mol. The standard InChI is InChI=1S/C23H28N4OS/c1-3-19-10-6-7-13-26(19)22(28)15-27-21-14-24-12-11-20(21)25-23(27)29-16-18-9-5-4-8-17(18)2/h4-5,8-9,11-12,14,19H,3,6-7,10,13,15-16H2,1-2H3/t19-/m1/s1. The Hall–Kier alpha value is -2.34. The van der Waals surface area contributed by atoms with Crippen LogP contribution in [0.4, 0.5) is 0 Å². The topological polar surface area (TPSA) is 51.0 Å². The van der Waals surface area contributed by atoms with Gasteiger partial charge in [-0.2, -0.15) is 0 Å². The molecular weight excluding hydrogens is 380 g/mol. The minimum atomic E-state index is 0.192. The van der Waals surface area contributed by atoms with E-state index in [0.717, 1.165) is 47.7 Å². The van der Waals surface area contributed by atoms with Crippen LogP contribution in [-0.2, 0) is 17.1 Å². The van der Waals surface area contributed by atoms with Crippen LogP contribution in [0.15, 0.2) is 47.9 Å². The lowest BCUT2D eigenvalue weighted by atomic mass is 10.00. The highest BCUT2D eigenvalue weighted by Crippen LogP contribution is 2.28. The number of pyridine rings is 1. The Labute approximate surface area is 176 Å². The number of aryl methyl sites for hydroxylation is 1. The molecule has 3 heterocycles. The van der Waals surface area contributed by atoms with Crippen molar-refractivity contribution in [3.63, 3.8) is 0 Å². The molecule has 152 valence electrons. The number of likely N-dealkylation sites (tertiary alicyclic amines) is 1. The lowest BCUT2D eigenvalue weighted by Gasteiger charge is -2.35. The highest BCUT2D eigenvalue weighted by atomic mass is 32.2. The zero-order valence-corrected chi connectivity index (χ0v) is 18.0. The van der Waals surface area contributed by atoms with E-state index in [-0.39, 0.29) is 5.91 Å². The Morgan fingerprint density at radius 2 is 2.10 bits per heavy atom. The van der Waals surface area contributed by atoms with Gasteiger partial charge in [-0.25, -0.2) is 4.98 Å².